The van der Waals surface area contributed by atoms with Crippen molar-refractivity contribution in [2.75, 3.05) is 7.05 Å². The van der Waals surface area contributed by atoms with E-state index in [0.717, 1.165) is 17.8 Å². The zero-order valence-electron chi connectivity index (χ0n) is 10.9. The van der Waals surface area contributed by atoms with Crippen molar-refractivity contribution in [1.29, 1.82) is 0 Å². The van der Waals surface area contributed by atoms with Crippen molar-refractivity contribution in [3.05, 3.63) is 62.6 Å². The highest BCUT2D eigenvalue weighted by atomic mass is 35.5. The molecule has 0 radical (unpaired) electrons. The molecule has 1 heterocycles. The van der Waals surface area contributed by atoms with Gasteiger partial charge in [-0.05, 0) is 23.8 Å². The molecule has 1 aromatic heterocycles. The van der Waals surface area contributed by atoms with E-state index in [2.05, 4.69) is 4.98 Å². The third-order valence-electron chi connectivity index (χ3n) is 2.81. The zero-order valence-corrected chi connectivity index (χ0v) is 13.2. The number of halogens is 4. The van der Waals surface area contributed by atoms with Crippen LogP contribution in [0.4, 0.5) is 4.39 Å². The van der Waals surface area contributed by atoms with Crippen molar-refractivity contribution in [3.63, 3.8) is 0 Å². The second kappa shape index (κ2) is 6.60. The van der Waals surface area contributed by atoms with Crippen LogP contribution in [0.15, 0.2) is 30.5 Å². The van der Waals surface area contributed by atoms with Crippen molar-refractivity contribution in [2.45, 2.75) is 6.54 Å². The van der Waals surface area contributed by atoms with Crippen LogP contribution in [0.2, 0.25) is 15.2 Å². The summed E-state index contributed by atoms with van der Waals surface area (Å²) >= 11 is 17.7. The molecular formula is C14H10Cl3FN2O. The molecule has 21 heavy (non-hydrogen) atoms. The lowest BCUT2D eigenvalue weighted by molar-refractivity contribution is 0.0784. The Kier molecular flexibility index (Phi) is 5.04. The molecule has 0 saturated heterocycles. The summed E-state index contributed by atoms with van der Waals surface area (Å²) in [7, 11) is 1.56. The van der Waals surface area contributed by atoms with E-state index in [9.17, 15) is 9.18 Å². The van der Waals surface area contributed by atoms with Crippen LogP contribution in [-0.4, -0.2) is 22.8 Å². The Balaban J connectivity index is 2.21. The molecule has 0 spiro atoms. The van der Waals surface area contributed by atoms with Gasteiger partial charge in [-0.25, -0.2) is 9.37 Å². The first-order valence-corrected chi connectivity index (χ1v) is 7.02. The number of hydrogen-bond donors (Lipinski definition) is 0. The summed E-state index contributed by atoms with van der Waals surface area (Å²) in [5, 5.41) is 0.913. The molecule has 3 nitrogen and oxygen atoms in total. The maximum absolute atomic E-state index is 13.2. The van der Waals surface area contributed by atoms with Gasteiger partial charge in [0.15, 0.2) is 0 Å². The number of carbonyl (C=O) groups is 1. The second-order valence-electron chi connectivity index (χ2n) is 4.39. The van der Waals surface area contributed by atoms with Gasteiger partial charge in [-0.2, -0.15) is 0 Å². The number of hydrogen-bond acceptors (Lipinski definition) is 2. The van der Waals surface area contributed by atoms with Crippen molar-refractivity contribution in [1.82, 2.24) is 9.88 Å². The fourth-order valence-corrected chi connectivity index (χ4v) is 2.41. The number of benzene rings is 1. The van der Waals surface area contributed by atoms with Gasteiger partial charge in [-0.1, -0.05) is 40.9 Å². The van der Waals surface area contributed by atoms with Crippen LogP contribution in [0.1, 0.15) is 15.9 Å². The topological polar surface area (TPSA) is 33.2 Å². The summed E-state index contributed by atoms with van der Waals surface area (Å²) in [6.45, 7) is 0.238. The van der Waals surface area contributed by atoms with Crippen molar-refractivity contribution < 1.29 is 9.18 Å². The average Bonchev–Trinajstić information content (AvgIpc) is 2.43. The zero-order chi connectivity index (χ0) is 15.6. The van der Waals surface area contributed by atoms with Gasteiger partial charge in [-0.15, -0.1) is 0 Å². The van der Waals surface area contributed by atoms with Crippen LogP contribution in [0, 0.1) is 5.82 Å². The molecule has 1 aromatic carbocycles. The molecule has 2 aromatic rings. The van der Waals surface area contributed by atoms with E-state index in [-0.39, 0.29) is 17.3 Å². The lowest BCUT2D eigenvalue weighted by Gasteiger charge is -2.18. The Morgan fingerprint density at radius 1 is 1.29 bits per heavy atom. The van der Waals surface area contributed by atoms with Gasteiger partial charge in [0.05, 0.1) is 11.8 Å². The molecule has 0 aliphatic carbocycles. The Bertz CT molecular complexity index is 694. The molecule has 0 bridgehead atoms. The van der Waals surface area contributed by atoms with Gasteiger partial charge < -0.3 is 4.90 Å². The van der Waals surface area contributed by atoms with E-state index in [1.54, 1.807) is 25.2 Å². The molecule has 0 fully saturated rings. The van der Waals surface area contributed by atoms with Gasteiger partial charge in [-0.3, -0.25) is 4.79 Å². The van der Waals surface area contributed by atoms with E-state index < -0.39 is 11.7 Å². The monoisotopic (exact) mass is 346 g/mol. The minimum absolute atomic E-state index is 0.00394. The fraction of sp³-hybridized carbons (Fsp3) is 0.143. The van der Waals surface area contributed by atoms with Crippen LogP contribution < -0.4 is 0 Å². The smallest absolute Gasteiger partial charge is 0.257 e. The summed E-state index contributed by atoms with van der Waals surface area (Å²) in [5.74, 6) is -1.07. The molecule has 0 aliphatic heterocycles. The largest absolute Gasteiger partial charge is 0.337 e. The summed E-state index contributed by atoms with van der Waals surface area (Å²) in [4.78, 5) is 17.3. The second-order valence-corrected chi connectivity index (χ2v) is 5.59. The number of rotatable bonds is 3. The molecule has 0 aliphatic rings. The average molecular weight is 348 g/mol. The van der Waals surface area contributed by atoms with Crippen LogP contribution in [0.3, 0.4) is 0 Å². The minimum atomic E-state index is -0.624. The molecule has 7 heteroatoms. The molecule has 1 amide bonds. The van der Waals surface area contributed by atoms with E-state index in [1.807, 2.05) is 0 Å². The van der Waals surface area contributed by atoms with E-state index in [1.165, 1.54) is 4.90 Å². The van der Waals surface area contributed by atoms with Gasteiger partial charge >= 0.3 is 0 Å². The highest BCUT2D eigenvalue weighted by Crippen LogP contribution is 2.23. The Morgan fingerprint density at radius 3 is 2.67 bits per heavy atom. The van der Waals surface area contributed by atoms with E-state index in [4.69, 9.17) is 34.8 Å². The highest BCUT2D eigenvalue weighted by molar-refractivity contribution is 6.35. The molecule has 0 saturated carbocycles. The van der Waals surface area contributed by atoms with Crippen LogP contribution in [-0.2, 0) is 6.54 Å². The van der Waals surface area contributed by atoms with Gasteiger partial charge in [0.2, 0.25) is 0 Å². The van der Waals surface area contributed by atoms with Gasteiger partial charge in [0.25, 0.3) is 5.91 Å². The lowest BCUT2D eigenvalue weighted by atomic mass is 10.2. The normalized spacial score (nSPS) is 10.5. The first-order chi connectivity index (χ1) is 9.88. The maximum atomic E-state index is 13.2. The summed E-state index contributed by atoms with van der Waals surface area (Å²) < 4.78 is 13.2. The number of amides is 1. The molecule has 0 unspecified atom stereocenters. The predicted molar refractivity (Wildman–Crippen MR) is 81.5 cm³/mol. The SMILES string of the molecule is CN(Cc1ccc(Cl)cc1Cl)C(=O)c1cc(F)cnc1Cl. The Morgan fingerprint density at radius 2 is 2.00 bits per heavy atom. The fourth-order valence-electron chi connectivity index (χ4n) is 1.76. The maximum Gasteiger partial charge on any atom is 0.257 e. The molecule has 2 rings (SSSR count). The Labute approximate surface area is 136 Å². The van der Waals surface area contributed by atoms with E-state index in [0.29, 0.717) is 10.0 Å². The molecule has 0 N–H and O–H groups in total. The first kappa shape index (κ1) is 16.0. The number of aromatic nitrogens is 1. The summed E-state index contributed by atoms with van der Waals surface area (Å²) in [5.41, 5.74) is 0.724. The van der Waals surface area contributed by atoms with Crippen molar-refractivity contribution in [3.8, 4) is 0 Å². The van der Waals surface area contributed by atoms with Crippen molar-refractivity contribution >= 4 is 40.7 Å². The van der Waals surface area contributed by atoms with Crippen LogP contribution in [0.25, 0.3) is 0 Å². The third-order valence-corrected chi connectivity index (χ3v) is 3.69. The minimum Gasteiger partial charge on any atom is -0.337 e. The third kappa shape index (κ3) is 3.84. The van der Waals surface area contributed by atoms with E-state index >= 15 is 0 Å². The molecule has 0 atom stereocenters. The number of pyridine rings is 1. The summed E-state index contributed by atoms with van der Waals surface area (Å²) in [6, 6.07) is 6.04. The summed E-state index contributed by atoms with van der Waals surface area (Å²) in [6.07, 6.45) is 0.954. The van der Waals surface area contributed by atoms with Crippen LogP contribution >= 0.6 is 34.8 Å². The number of carbonyl (C=O) groups excluding carboxylic acids is 1. The highest BCUT2D eigenvalue weighted by Gasteiger charge is 2.18. The Hall–Kier alpha value is -1.36. The first-order valence-electron chi connectivity index (χ1n) is 5.89. The quantitative estimate of drug-likeness (QED) is 0.768. The molecule has 110 valence electrons. The van der Waals surface area contributed by atoms with Gasteiger partial charge in [0.1, 0.15) is 11.0 Å². The number of nitrogens with zero attached hydrogens (tertiary/aromatic N) is 2. The van der Waals surface area contributed by atoms with Crippen molar-refractivity contribution in [2.24, 2.45) is 0 Å². The van der Waals surface area contributed by atoms with Gasteiger partial charge in [0, 0.05) is 23.6 Å². The lowest BCUT2D eigenvalue weighted by Crippen LogP contribution is -2.27. The molecular weight excluding hydrogens is 338 g/mol. The van der Waals surface area contributed by atoms with Crippen LogP contribution in [0.5, 0.6) is 0 Å². The standard InChI is InChI=1S/C14H10Cl3FN2O/c1-20(7-8-2-3-9(15)4-12(8)16)14(21)11-5-10(18)6-19-13(11)17/h2-6H,7H2,1H3. The predicted octanol–water partition coefficient (Wildman–Crippen LogP) is 4.45.